The summed E-state index contributed by atoms with van der Waals surface area (Å²) >= 11 is 0. The van der Waals surface area contributed by atoms with Crippen molar-refractivity contribution >= 4 is 5.97 Å². The van der Waals surface area contributed by atoms with Crippen LogP contribution in [-0.4, -0.2) is 22.5 Å². The maximum atomic E-state index is 11.6. The lowest BCUT2D eigenvalue weighted by molar-refractivity contribution is -0.148. The van der Waals surface area contributed by atoms with Gasteiger partial charge in [-0.3, -0.25) is 14.6 Å². The molecule has 2 N–H and O–H groups in total. The topological polar surface area (TPSA) is 92.0 Å². The summed E-state index contributed by atoms with van der Waals surface area (Å²) in [7, 11) is 0. The highest BCUT2D eigenvalue weighted by Gasteiger charge is 2.27. The summed E-state index contributed by atoms with van der Waals surface area (Å²) in [5.74, 6) is -0.557. The number of carbonyl (C=O) groups excluding carboxylic acids is 1. The minimum Gasteiger partial charge on any atom is -0.466 e. The Morgan fingerprint density at radius 3 is 2.88 bits per heavy atom. The van der Waals surface area contributed by atoms with Crippen LogP contribution in [-0.2, 0) is 22.4 Å². The lowest BCUT2D eigenvalue weighted by Crippen LogP contribution is -2.34. The fourth-order valence-corrected chi connectivity index (χ4v) is 2.12. The zero-order valence-electron chi connectivity index (χ0n) is 9.54. The van der Waals surface area contributed by atoms with Gasteiger partial charge in [0.1, 0.15) is 0 Å². The van der Waals surface area contributed by atoms with Gasteiger partial charge in [0.05, 0.1) is 12.5 Å². The lowest BCUT2D eigenvalue weighted by atomic mass is 9.87. The van der Waals surface area contributed by atoms with E-state index in [1.165, 1.54) is 0 Å². The molecule has 1 aromatic rings. The molecular weight excluding hydrogens is 224 g/mol. The molecule has 1 heterocycles. The highest BCUT2D eigenvalue weighted by Crippen LogP contribution is 2.21. The minimum absolute atomic E-state index is 0.274. The quantitative estimate of drug-likeness (QED) is 0.694. The molecule has 2 rings (SSSR count). The Balaban J connectivity index is 2.27. The van der Waals surface area contributed by atoms with Crippen molar-refractivity contribution < 1.29 is 9.53 Å². The normalized spacial score (nSPS) is 18.5. The van der Waals surface area contributed by atoms with E-state index in [0.717, 1.165) is 0 Å². The molecule has 0 amide bonds. The van der Waals surface area contributed by atoms with Crippen LogP contribution in [0.25, 0.3) is 0 Å². The van der Waals surface area contributed by atoms with Gasteiger partial charge >= 0.3 is 11.7 Å². The molecule has 0 radical (unpaired) electrons. The molecule has 6 heteroatoms. The SMILES string of the molecule is CCOC(=O)[C@H]1CCc2[nH]c(=O)[nH]c(=O)c2C1. The summed E-state index contributed by atoms with van der Waals surface area (Å²) in [6.45, 7) is 2.09. The van der Waals surface area contributed by atoms with E-state index in [1.807, 2.05) is 0 Å². The molecule has 0 aliphatic heterocycles. The third-order valence-electron chi connectivity index (χ3n) is 2.94. The number of ether oxygens (including phenoxy) is 1. The van der Waals surface area contributed by atoms with Gasteiger partial charge in [-0.15, -0.1) is 0 Å². The Hall–Kier alpha value is -1.85. The third-order valence-corrected chi connectivity index (χ3v) is 2.94. The van der Waals surface area contributed by atoms with Crippen molar-refractivity contribution in [1.82, 2.24) is 9.97 Å². The molecule has 0 saturated heterocycles. The summed E-state index contributed by atoms with van der Waals surface area (Å²) < 4.78 is 4.94. The average molecular weight is 238 g/mol. The predicted octanol–water partition coefficient (Wildman–Crippen LogP) is -0.269. The molecule has 6 nitrogen and oxygen atoms in total. The first kappa shape index (κ1) is 11.6. The van der Waals surface area contributed by atoms with Crippen LogP contribution in [0.4, 0.5) is 0 Å². The first-order chi connectivity index (χ1) is 8.11. The summed E-state index contributed by atoms with van der Waals surface area (Å²) in [5, 5.41) is 0. The number of rotatable bonds is 2. The fraction of sp³-hybridized carbons (Fsp3) is 0.545. The van der Waals surface area contributed by atoms with Crippen LogP contribution in [0.1, 0.15) is 24.6 Å². The Kier molecular flexibility index (Phi) is 3.12. The van der Waals surface area contributed by atoms with Gasteiger partial charge in [-0.05, 0) is 26.2 Å². The van der Waals surface area contributed by atoms with E-state index in [9.17, 15) is 14.4 Å². The number of carbonyl (C=O) groups is 1. The van der Waals surface area contributed by atoms with Crippen molar-refractivity contribution in [3.05, 3.63) is 32.1 Å². The maximum Gasteiger partial charge on any atom is 0.325 e. The van der Waals surface area contributed by atoms with E-state index in [2.05, 4.69) is 9.97 Å². The second-order valence-corrected chi connectivity index (χ2v) is 4.06. The number of aryl methyl sites for hydroxylation is 1. The van der Waals surface area contributed by atoms with Gasteiger partial charge in [0, 0.05) is 11.3 Å². The van der Waals surface area contributed by atoms with Crippen LogP contribution in [0, 0.1) is 5.92 Å². The van der Waals surface area contributed by atoms with Crippen molar-refractivity contribution in [2.75, 3.05) is 6.61 Å². The molecule has 0 unspecified atom stereocenters. The first-order valence-corrected chi connectivity index (χ1v) is 5.62. The Morgan fingerprint density at radius 2 is 2.18 bits per heavy atom. The molecule has 1 aromatic heterocycles. The van der Waals surface area contributed by atoms with Gasteiger partial charge in [0.15, 0.2) is 0 Å². The molecule has 0 aromatic carbocycles. The summed E-state index contributed by atoms with van der Waals surface area (Å²) in [6, 6.07) is 0. The van der Waals surface area contributed by atoms with Gasteiger partial charge in [-0.25, -0.2) is 4.79 Å². The molecule has 1 atom stereocenters. The molecule has 17 heavy (non-hydrogen) atoms. The second-order valence-electron chi connectivity index (χ2n) is 4.06. The molecule has 0 bridgehead atoms. The van der Waals surface area contributed by atoms with Crippen molar-refractivity contribution in [2.24, 2.45) is 5.92 Å². The van der Waals surface area contributed by atoms with Crippen molar-refractivity contribution in [2.45, 2.75) is 26.2 Å². The van der Waals surface area contributed by atoms with Gasteiger partial charge < -0.3 is 9.72 Å². The standard InChI is InChI=1S/C11H14N2O4/c1-2-17-10(15)6-3-4-8-7(5-6)9(14)13-11(16)12-8/h6H,2-5H2,1H3,(H2,12,13,14,16)/t6-/m0/s1. The van der Waals surface area contributed by atoms with E-state index < -0.39 is 11.2 Å². The number of esters is 1. The van der Waals surface area contributed by atoms with E-state index >= 15 is 0 Å². The van der Waals surface area contributed by atoms with Gasteiger partial charge in [0.25, 0.3) is 5.56 Å². The van der Waals surface area contributed by atoms with E-state index in [4.69, 9.17) is 4.74 Å². The van der Waals surface area contributed by atoms with Gasteiger partial charge in [0.2, 0.25) is 0 Å². The molecule has 92 valence electrons. The van der Waals surface area contributed by atoms with Crippen molar-refractivity contribution in [3.8, 4) is 0 Å². The third kappa shape index (κ3) is 2.30. The summed E-state index contributed by atoms with van der Waals surface area (Å²) in [4.78, 5) is 39.0. The van der Waals surface area contributed by atoms with Gasteiger partial charge in [-0.2, -0.15) is 0 Å². The van der Waals surface area contributed by atoms with Crippen LogP contribution < -0.4 is 11.2 Å². The fourth-order valence-electron chi connectivity index (χ4n) is 2.12. The summed E-state index contributed by atoms with van der Waals surface area (Å²) in [5.41, 5.74) is 0.231. The Labute approximate surface area is 97.0 Å². The average Bonchev–Trinajstić information content (AvgIpc) is 2.28. The zero-order chi connectivity index (χ0) is 12.4. The Morgan fingerprint density at radius 1 is 1.41 bits per heavy atom. The molecule has 1 aliphatic rings. The van der Waals surface area contributed by atoms with Crippen LogP contribution in [0.5, 0.6) is 0 Å². The number of aromatic amines is 2. The van der Waals surface area contributed by atoms with Crippen molar-refractivity contribution in [1.29, 1.82) is 0 Å². The minimum atomic E-state index is -0.497. The van der Waals surface area contributed by atoms with Crippen LogP contribution >= 0.6 is 0 Å². The lowest BCUT2D eigenvalue weighted by Gasteiger charge is -2.21. The largest absolute Gasteiger partial charge is 0.466 e. The molecule has 1 aliphatic carbocycles. The molecular formula is C11H14N2O4. The number of nitrogens with one attached hydrogen (secondary N) is 2. The zero-order valence-corrected chi connectivity index (χ0v) is 9.54. The van der Waals surface area contributed by atoms with Gasteiger partial charge in [-0.1, -0.05) is 0 Å². The van der Waals surface area contributed by atoms with E-state index in [-0.39, 0.29) is 11.9 Å². The Bertz CT molecular complexity index is 543. The monoisotopic (exact) mass is 238 g/mol. The second kappa shape index (κ2) is 4.57. The smallest absolute Gasteiger partial charge is 0.325 e. The van der Waals surface area contributed by atoms with Crippen LogP contribution in [0.15, 0.2) is 9.59 Å². The van der Waals surface area contributed by atoms with Crippen LogP contribution in [0.3, 0.4) is 0 Å². The molecule has 0 fully saturated rings. The molecule has 0 saturated carbocycles. The number of H-pyrrole nitrogens is 2. The van der Waals surface area contributed by atoms with Crippen molar-refractivity contribution in [3.63, 3.8) is 0 Å². The maximum absolute atomic E-state index is 11.6. The van der Waals surface area contributed by atoms with Crippen LogP contribution in [0.2, 0.25) is 0 Å². The predicted molar refractivity (Wildman–Crippen MR) is 59.8 cm³/mol. The van der Waals surface area contributed by atoms with E-state index in [0.29, 0.717) is 37.1 Å². The number of hydrogen-bond donors (Lipinski definition) is 2. The first-order valence-electron chi connectivity index (χ1n) is 5.62. The number of aromatic nitrogens is 2. The number of fused-ring (bicyclic) bond motifs is 1. The highest BCUT2D eigenvalue weighted by molar-refractivity contribution is 5.73. The summed E-state index contributed by atoms with van der Waals surface area (Å²) in [6.07, 6.45) is 1.46. The number of hydrogen-bond acceptors (Lipinski definition) is 4. The van der Waals surface area contributed by atoms with E-state index in [1.54, 1.807) is 6.92 Å². The highest BCUT2D eigenvalue weighted by atomic mass is 16.5. The molecule has 0 spiro atoms.